The van der Waals surface area contributed by atoms with Crippen LogP contribution in [0, 0.1) is 0 Å². The van der Waals surface area contributed by atoms with Crippen LogP contribution >= 0.6 is 11.3 Å². The van der Waals surface area contributed by atoms with Crippen molar-refractivity contribution in [1.82, 2.24) is 29.0 Å². The smallest absolute Gasteiger partial charge is 0.258 e. The Hall–Kier alpha value is -3.30. The first-order valence-electron chi connectivity index (χ1n) is 10.2. The highest BCUT2D eigenvalue weighted by Gasteiger charge is 2.22. The van der Waals surface area contributed by atoms with Crippen LogP contribution in [0.1, 0.15) is 21.6 Å². The monoisotopic (exact) mass is 434 g/mol. The predicted molar refractivity (Wildman–Crippen MR) is 118 cm³/mol. The van der Waals surface area contributed by atoms with Crippen molar-refractivity contribution in [2.24, 2.45) is 0 Å². The van der Waals surface area contributed by atoms with Crippen LogP contribution in [0.25, 0.3) is 4.96 Å². The number of nitrogens with zero attached hydrogens (tertiary/aromatic N) is 6. The molecule has 9 heteroatoms. The van der Waals surface area contributed by atoms with Crippen molar-refractivity contribution < 1.29 is 4.79 Å². The zero-order valence-corrected chi connectivity index (χ0v) is 17.7. The number of benzene rings is 1. The molecule has 0 atom stereocenters. The summed E-state index contributed by atoms with van der Waals surface area (Å²) in [4.78, 5) is 34.5. The van der Waals surface area contributed by atoms with Gasteiger partial charge in [0.25, 0.3) is 11.5 Å². The maximum atomic E-state index is 12.9. The zero-order valence-electron chi connectivity index (χ0n) is 16.9. The molecule has 3 aromatic heterocycles. The van der Waals surface area contributed by atoms with E-state index >= 15 is 0 Å². The first-order valence-corrected chi connectivity index (χ1v) is 11.1. The van der Waals surface area contributed by atoms with Crippen molar-refractivity contribution in [2.75, 3.05) is 26.2 Å². The topological polar surface area (TPSA) is 75.7 Å². The van der Waals surface area contributed by atoms with E-state index in [0.717, 1.165) is 24.3 Å². The van der Waals surface area contributed by atoms with Gasteiger partial charge in [-0.25, -0.2) is 4.98 Å². The van der Waals surface area contributed by atoms with Gasteiger partial charge in [-0.2, -0.15) is 5.10 Å². The largest absolute Gasteiger partial charge is 0.336 e. The Morgan fingerprint density at radius 1 is 1.03 bits per heavy atom. The number of fused-ring (bicyclic) bond motifs is 1. The van der Waals surface area contributed by atoms with Crippen molar-refractivity contribution in [1.29, 1.82) is 0 Å². The third kappa shape index (κ3) is 4.28. The summed E-state index contributed by atoms with van der Waals surface area (Å²) in [6.45, 7) is 4.15. The number of hydrogen-bond acceptors (Lipinski definition) is 6. The molecule has 0 spiro atoms. The average Bonchev–Trinajstić information content (AvgIpc) is 3.47. The normalized spacial score (nSPS) is 14.9. The Balaban J connectivity index is 1.18. The van der Waals surface area contributed by atoms with Gasteiger partial charge < -0.3 is 4.90 Å². The molecule has 158 valence electrons. The lowest BCUT2D eigenvalue weighted by molar-refractivity contribution is 0.0627. The van der Waals surface area contributed by atoms with E-state index in [0.29, 0.717) is 36.7 Å². The minimum Gasteiger partial charge on any atom is -0.336 e. The molecule has 1 amide bonds. The number of aromatic nitrogens is 4. The summed E-state index contributed by atoms with van der Waals surface area (Å²) in [6, 6.07) is 11.2. The Bertz CT molecular complexity index is 1240. The SMILES string of the molecule is O=C(c1ccc(Cn2cccn2)cc1)N1CCN(Cc2cc(=O)n3ccsc3n2)CC1. The van der Waals surface area contributed by atoms with Gasteiger partial charge in [-0.3, -0.25) is 23.6 Å². The fourth-order valence-electron chi connectivity index (χ4n) is 3.82. The van der Waals surface area contributed by atoms with Crippen LogP contribution in [0.4, 0.5) is 0 Å². The molecular weight excluding hydrogens is 412 g/mol. The molecule has 1 aliphatic rings. The number of piperazine rings is 1. The first-order chi connectivity index (χ1) is 15.2. The molecule has 4 heterocycles. The quantitative estimate of drug-likeness (QED) is 0.480. The molecule has 0 unspecified atom stereocenters. The number of hydrogen-bond donors (Lipinski definition) is 0. The Morgan fingerprint density at radius 2 is 1.84 bits per heavy atom. The average molecular weight is 435 g/mol. The van der Waals surface area contributed by atoms with Gasteiger partial charge in [-0.15, -0.1) is 11.3 Å². The van der Waals surface area contributed by atoms with E-state index in [2.05, 4.69) is 15.0 Å². The maximum Gasteiger partial charge on any atom is 0.258 e. The van der Waals surface area contributed by atoms with Gasteiger partial charge in [-0.05, 0) is 23.8 Å². The van der Waals surface area contributed by atoms with E-state index in [1.54, 1.807) is 22.9 Å². The molecule has 5 rings (SSSR count). The highest BCUT2D eigenvalue weighted by atomic mass is 32.1. The molecule has 0 radical (unpaired) electrons. The number of carbonyl (C=O) groups is 1. The molecule has 1 aliphatic heterocycles. The second-order valence-electron chi connectivity index (χ2n) is 7.61. The minimum absolute atomic E-state index is 0.0499. The molecule has 1 fully saturated rings. The minimum atomic E-state index is -0.0499. The lowest BCUT2D eigenvalue weighted by atomic mass is 10.1. The molecule has 0 aliphatic carbocycles. The molecule has 31 heavy (non-hydrogen) atoms. The number of thiazole rings is 1. The van der Waals surface area contributed by atoms with Crippen LogP contribution in [0.5, 0.6) is 0 Å². The van der Waals surface area contributed by atoms with Crippen molar-refractivity contribution in [3.8, 4) is 0 Å². The summed E-state index contributed by atoms with van der Waals surface area (Å²) in [5.74, 6) is 0.0571. The summed E-state index contributed by atoms with van der Waals surface area (Å²) in [5.41, 5.74) is 2.54. The fraction of sp³-hybridized carbons (Fsp3) is 0.273. The predicted octanol–water partition coefficient (Wildman–Crippen LogP) is 1.96. The summed E-state index contributed by atoms with van der Waals surface area (Å²) in [5, 5.41) is 6.07. The second-order valence-corrected chi connectivity index (χ2v) is 8.48. The van der Waals surface area contributed by atoms with E-state index in [9.17, 15) is 9.59 Å². The second kappa shape index (κ2) is 8.44. The van der Waals surface area contributed by atoms with E-state index in [4.69, 9.17) is 0 Å². The van der Waals surface area contributed by atoms with Crippen molar-refractivity contribution >= 4 is 22.2 Å². The van der Waals surface area contributed by atoms with Crippen LogP contribution in [0.15, 0.2) is 65.2 Å². The van der Waals surface area contributed by atoms with Crippen LogP contribution < -0.4 is 5.56 Å². The van der Waals surface area contributed by atoms with Crippen LogP contribution in [-0.4, -0.2) is 61.1 Å². The third-order valence-electron chi connectivity index (χ3n) is 5.51. The summed E-state index contributed by atoms with van der Waals surface area (Å²) in [6.07, 6.45) is 5.42. The lowest BCUT2D eigenvalue weighted by Crippen LogP contribution is -2.48. The molecule has 1 saturated heterocycles. The van der Waals surface area contributed by atoms with Crippen LogP contribution in [0.3, 0.4) is 0 Å². The van der Waals surface area contributed by atoms with Gasteiger partial charge in [0.1, 0.15) is 0 Å². The zero-order chi connectivity index (χ0) is 21.2. The van der Waals surface area contributed by atoms with Gasteiger partial charge in [0.2, 0.25) is 0 Å². The standard InChI is InChI=1S/C22H22N6O2S/c29-20-14-19(24-22-28(20)12-13-31-22)16-25-8-10-26(11-9-25)21(30)18-4-2-17(3-5-18)15-27-7-1-6-23-27/h1-7,12-14H,8-11,15-16H2. The molecule has 4 aromatic rings. The van der Waals surface area contributed by atoms with Gasteiger partial charge in [0, 0.05) is 68.3 Å². The Morgan fingerprint density at radius 3 is 2.58 bits per heavy atom. The Labute approximate surface area is 183 Å². The Kier molecular flexibility index (Phi) is 5.35. The number of amides is 1. The van der Waals surface area contributed by atoms with Crippen LogP contribution in [-0.2, 0) is 13.1 Å². The molecule has 0 saturated carbocycles. The third-order valence-corrected chi connectivity index (χ3v) is 6.26. The van der Waals surface area contributed by atoms with Crippen molar-refractivity contribution in [3.63, 3.8) is 0 Å². The van der Waals surface area contributed by atoms with Gasteiger partial charge in [-0.1, -0.05) is 12.1 Å². The highest BCUT2D eigenvalue weighted by molar-refractivity contribution is 7.15. The van der Waals surface area contributed by atoms with Gasteiger partial charge in [0.15, 0.2) is 4.96 Å². The molecule has 0 bridgehead atoms. The highest BCUT2D eigenvalue weighted by Crippen LogP contribution is 2.13. The van der Waals surface area contributed by atoms with E-state index < -0.39 is 0 Å². The number of rotatable bonds is 5. The van der Waals surface area contributed by atoms with Crippen molar-refractivity contribution in [3.05, 3.63) is 87.5 Å². The molecular formula is C22H22N6O2S. The molecule has 0 N–H and O–H groups in total. The lowest BCUT2D eigenvalue weighted by Gasteiger charge is -2.34. The maximum absolute atomic E-state index is 12.9. The van der Waals surface area contributed by atoms with E-state index in [-0.39, 0.29) is 11.5 Å². The van der Waals surface area contributed by atoms with Gasteiger partial charge in [0.05, 0.1) is 12.2 Å². The van der Waals surface area contributed by atoms with Crippen LogP contribution in [0.2, 0.25) is 0 Å². The first kappa shape index (κ1) is 19.7. The number of carbonyl (C=O) groups excluding carboxylic acids is 1. The van der Waals surface area contributed by atoms with E-state index in [1.807, 2.05) is 51.5 Å². The summed E-state index contributed by atoms with van der Waals surface area (Å²) < 4.78 is 3.42. The summed E-state index contributed by atoms with van der Waals surface area (Å²) in [7, 11) is 0. The fourth-order valence-corrected chi connectivity index (χ4v) is 4.56. The van der Waals surface area contributed by atoms with Gasteiger partial charge >= 0.3 is 0 Å². The van der Waals surface area contributed by atoms with E-state index in [1.165, 1.54) is 11.3 Å². The molecule has 8 nitrogen and oxygen atoms in total. The summed E-state index contributed by atoms with van der Waals surface area (Å²) >= 11 is 1.46. The molecule has 1 aromatic carbocycles. The van der Waals surface area contributed by atoms with Crippen molar-refractivity contribution in [2.45, 2.75) is 13.1 Å².